The van der Waals surface area contributed by atoms with Crippen molar-refractivity contribution in [2.24, 2.45) is 0 Å². The number of rotatable bonds is 1. The molecule has 0 radical (unpaired) electrons. The molecule has 0 saturated carbocycles. The third-order valence-electron chi connectivity index (χ3n) is 1.77. The molecule has 0 N–H and O–H groups in total. The van der Waals surface area contributed by atoms with Crippen LogP contribution in [0.15, 0.2) is 54.9 Å². The first-order valence-electron chi connectivity index (χ1n) is 4.92. The molecule has 0 saturated heterocycles. The predicted molar refractivity (Wildman–Crippen MR) is 61.0 cm³/mol. The van der Waals surface area contributed by atoms with Gasteiger partial charge in [-0.05, 0) is 17.2 Å². The number of benzene rings is 1. The van der Waals surface area contributed by atoms with Crippen molar-refractivity contribution in [1.82, 2.24) is 4.98 Å². The van der Waals surface area contributed by atoms with Crippen molar-refractivity contribution in [2.75, 3.05) is 0 Å². The molecule has 0 amide bonds. The Morgan fingerprint density at radius 1 is 0.786 bits per heavy atom. The van der Waals surface area contributed by atoms with Crippen LogP contribution in [0.25, 0.3) is 11.1 Å². The van der Waals surface area contributed by atoms with E-state index >= 15 is 0 Å². The topological polar surface area (TPSA) is 12.9 Å². The second-order valence-electron chi connectivity index (χ2n) is 2.61. The predicted octanol–water partition coefficient (Wildman–Crippen LogP) is 3.77. The highest BCUT2D eigenvalue weighted by Crippen LogP contribution is 2.16. The third-order valence-corrected chi connectivity index (χ3v) is 1.77. The molecule has 1 heterocycles. The lowest BCUT2D eigenvalue weighted by Gasteiger charge is -1.97. The SMILES string of the molecule is CC.c1ccc(-c2cccnc2)cc1. The van der Waals surface area contributed by atoms with E-state index in [1.165, 1.54) is 5.56 Å². The summed E-state index contributed by atoms with van der Waals surface area (Å²) in [6, 6.07) is 14.2. The van der Waals surface area contributed by atoms with Gasteiger partial charge in [-0.2, -0.15) is 0 Å². The minimum Gasteiger partial charge on any atom is -0.264 e. The van der Waals surface area contributed by atoms with E-state index in [1.54, 1.807) is 6.20 Å². The van der Waals surface area contributed by atoms with Gasteiger partial charge in [0.2, 0.25) is 0 Å². The number of nitrogens with zero attached hydrogens (tertiary/aromatic N) is 1. The summed E-state index contributed by atoms with van der Waals surface area (Å²) in [5, 5.41) is 0. The molecule has 0 aliphatic heterocycles. The monoisotopic (exact) mass is 185 g/mol. The van der Waals surface area contributed by atoms with Gasteiger partial charge in [0.05, 0.1) is 0 Å². The molecule has 1 nitrogen and oxygen atoms in total. The average molecular weight is 185 g/mol. The van der Waals surface area contributed by atoms with Gasteiger partial charge < -0.3 is 0 Å². The van der Waals surface area contributed by atoms with Crippen LogP contribution in [0, 0.1) is 0 Å². The van der Waals surface area contributed by atoms with Crippen molar-refractivity contribution in [2.45, 2.75) is 13.8 Å². The van der Waals surface area contributed by atoms with Gasteiger partial charge in [0.15, 0.2) is 0 Å². The molecular weight excluding hydrogens is 170 g/mol. The normalized spacial score (nSPS) is 8.71. The van der Waals surface area contributed by atoms with Crippen molar-refractivity contribution in [1.29, 1.82) is 0 Å². The van der Waals surface area contributed by atoms with Crippen LogP contribution >= 0.6 is 0 Å². The smallest absolute Gasteiger partial charge is 0.0346 e. The highest BCUT2D eigenvalue weighted by molar-refractivity contribution is 5.61. The van der Waals surface area contributed by atoms with Crippen LogP contribution in [0.5, 0.6) is 0 Å². The minimum absolute atomic E-state index is 1.16. The van der Waals surface area contributed by atoms with Gasteiger partial charge >= 0.3 is 0 Å². The molecule has 0 fully saturated rings. The van der Waals surface area contributed by atoms with Gasteiger partial charge in [-0.3, -0.25) is 4.98 Å². The summed E-state index contributed by atoms with van der Waals surface area (Å²) in [5.41, 5.74) is 2.38. The van der Waals surface area contributed by atoms with Gasteiger partial charge in [0.1, 0.15) is 0 Å². The van der Waals surface area contributed by atoms with E-state index in [1.807, 2.05) is 44.3 Å². The molecule has 2 aromatic rings. The van der Waals surface area contributed by atoms with Crippen LogP contribution in [-0.2, 0) is 0 Å². The number of hydrogen-bond acceptors (Lipinski definition) is 1. The van der Waals surface area contributed by atoms with Gasteiger partial charge in [0, 0.05) is 12.4 Å². The first-order chi connectivity index (χ1) is 6.97. The summed E-state index contributed by atoms with van der Waals surface area (Å²) < 4.78 is 0. The summed E-state index contributed by atoms with van der Waals surface area (Å²) in [7, 11) is 0. The third kappa shape index (κ3) is 2.70. The van der Waals surface area contributed by atoms with E-state index in [2.05, 4.69) is 23.2 Å². The van der Waals surface area contributed by atoms with Gasteiger partial charge in [0.25, 0.3) is 0 Å². The highest BCUT2D eigenvalue weighted by atomic mass is 14.6. The van der Waals surface area contributed by atoms with E-state index in [0.717, 1.165) is 5.56 Å². The second-order valence-corrected chi connectivity index (χ2v) is 2.61. The Kier molecular flexibility index (Phi) is 4.42. The molecule has 0 aliphatic rings. The average Bonchev–Trinajstić information content (AvgIpc) is 2.34. The van der Waals surface area contributed by atoms with Gasteiger partial charge in [-0.15, -0.1) is 0 Å². The fraction of sp³-hybridized carbons (Fsp3) is 0.154. The van der Waals surface area contributed by atoms with Crippen molar-refractivity contribution < 1.29 is 0 Å². The molecule has 0 spiro atoms. The fourth-order valence-corrected chi connectivity index (χ4v) is 1.16. The molecule has 1 aromatic heterocycles. The molecule has 1 aromatic carbocycles. The molecule has 0 aliphatic carbocycles. The van der Waals surface area contributed by atoms with Gasteiger partial charge in [-0.25, -0.2) is 0 Å². The molecule has 14 heavy (non-hydrogen) atoms. The van der Waals surface area contributed by atoms with Crippen molar-refractivity contribution >= 4 is 0 Å². The lowest BCUT2D eigenvalue weighted by molar-refractivity contribution is 1.33. The number of hydrogen-bond donors (Lipinski definition) is 0. The van der Waals surface area contributed by atoms with E-state index in [-0.39, 0.29) is 0 Å². The van der Waals surface area contributed by atoms with Crippen molar-refractivity contribution in [3.8, 4) is 11.1 Å². The van der Waals surface area contributed by atoms with Crippen molar-refractivity contribution in [3.63, 3.8) is 0 Å². The summed E-state index contributed by atoms with van der Waals surface area (Å²) in [4.78, 5) is 4.06. The number of pyridine rings is 1. The zero-order valence-electron chi connectivity index (χ0n) is 8.64. The van der Waals surface area contributed by atoms with E-state index in [0.29, 0.717) is 0 Å². The Morgan fingerprint density at radius 3 is 2.00 bits per heavy atom. The lowest BCUT2D eigenvalue weighted by atomic mass is 10.1. The standard InChI is InChI=1S/C11H9N.C2H6/c1-2-5-10(6-3-1)11-7-4-8-12-9-11;1-2/h1-9H;1-2H3. The maximum absolute atomic E-state index is 4.06. The summed E-state index contributed by atoms with van der Waals surface area (Å²) in [6.07, 6.45) is 3.65. The quantitative estimate of drug-likeness (QED) is 0.659. The Labute approximate surface area is 85.4 Å². The molecule has 0 atom stereocenters. The minimum atomic E-state index is 1.16. The van der Waals surface area contributed by atoms with Crippen LogP contribution in [0.2, 0.25) is 0 Å². The van der Waals surface area contributed by atoms with Crippen LogP contribution < -0.4 is 0 Å². The largest absolute Gasteiger partial charge is 0.264 e. The Morgan fingerprint density at radius 2 is 1.43 bits per heavy atom. The van der Waals surface area contributed by atoms with Crippen LogP contribution in [0.3, 0.4) is 0 Å². The maximum Gasteiger partial charge on any atom is 0.0346 e. The lowest BCUT2D eigenvalue weighted by Crippen LogP contribution is -1.76. The molecule has 2 rings (SSSR count). The summed E-state index contributed by atoms with van der Waals surface area (Å²) in [5.74, 6) is 0. The molecule has 0 unspecified atom stereocenters. The fourth-order valence-electron chi connectivity index (χ4n) is 1.16. The zero-order valence-corrected chi connectivity index (χ0v) is 8.64. The maximum atomic E-state index is 4.06. The van der Waals surface area contributed by atoms with Crippen molar-refractivity contribution in [3.05, 3.63) is 54.9 Å². The van der Waals surface area contributed by atoms with E-state index in [4.69, 9.17) is 0 Å². The van der Waals surface area contributed by atoms with E-state index in [9.17, 15) is 0 Å². The Balaban J connectivity index is 0.000000461. The molecule has 0 bridgehead atoms. The second kappa shape index (κ2) is 5.92. The van der Waals surface area contributed by atoms with Gasteiger partial charge in [-0.1, -0.05) is 50.2 Å². The first-order valence-corrected chi connectivity index (χ1v) is 4.92. The van der Waals surface area contributed by atoms with Crippen LogP contribution in [-0.4, -0.2) is 4.98 Å². The molecular formula is C13H15N. The Hall–Kier alpha value is -1.63. The summed E-state index contributed by atoms with van der Waals surface area (Å²) >= 11 is 0. The zero-order chi connectivity index (χ0) is 10.2. The number of aromatic nitrogens is 1. The summed E-state index contributed by atoms with van der Waals surface area (Å²) in [6.45, 7) is 4.00. The van der Waals surface area contributed by atoms with E-state index < -0.39 is 0 Å². The molecule has 72 valence electrons. The molecule has 1 heteroatoms. The first kappa shape index (κ1) is 10.5. The highest BCUT2D eigenvalue weighted by Gasteiger charge is 1.92. The van der Waals surface area contributed by atoms with Crippen LogP contribution in [0.1, 0.15) is 13.8 Å². The Bertz CT molecular complexity index is 303. The van der Waals surface area contributed by atoms with Crippen LogP contribution in [0.4, 0.5) is 0 Å².